The van der Waals surface area contributed by atoms with Crippen LogP contribution < -0.4 is 4.31 Å². The predicted octanol–water partition coefficient (Wildman–Crippen LogP) is 5.68. The van der Waals surface area contributed by atoms with Gasteiger partial charge < -0.3 is 9.88 Å². The molecule has 0 unspecified atom stereocenters. The molecular weight excluding hydrogens is 514 g/mol. The Morgan fingerprint density at radius 1 is 0.949 bits per heavy atom. The Balaban J connectivity index is 1.66. The van der Waals surface area contributed by atoms with Crippen LogP contribution >= 0.6 is 0 Å². The van der Waals surface area contributed by atoms with Crippen LogP contribution in [0.1, 0.15) is 6.42 Å². The molecule has 5 rings (SSSR count). The van der Waals surface area contributed by atoms with Crippen LogP contribution in [0.15, 0.2) is 79.0 Å². The van der Waals surface area contributed by atoms with Gasteiger partial charge in [0.25, 0.3) is 5.69 Å². The summed E-state index contributed by atoms with van der Waals surface area (Å²) in [4.78, 5) is 21.1. The quantitative estimate of drug-likeness (QED) is 0.189. The number of sulfonamides is 1. The summed E-state index contributed by atoms with van der Waals surface area (Å²) >= 11 is 0. The first kappa shape index (κ1) is 26.3. The molecule has 0 bridgehead atoms. The predicted molar refractivity (Wildman–Crippen MR) is 156 cm³/mol. The lowest BCUT2D eigenvalue weighted by atomic mass is 9.92. The summed E-state index contributed by atoms with van der Waals surface area (Å²) < 4.78 is 26.6. The number of pyridine rings is 1. The van der Waals surface area contributed by atoms with Gasteiger partial charge in [-0.3, -0.25) is 14.4 Å². The maximum Gasteiger partial charge on any atom is 0.270 e. The van der Waals surface area contributed by atoms with Crippen LogP contribution in [0.4, 0.5) is 11.4 Å². The molecule has 0 saturated heterocycles. The van der Waals surface area contributed by atoms with Crippen molar-refractivity contribution in [1.29, 1.82) is 0 Å². The molecule has 200 valence electrons. The molecule has 0 atom stereocenters. The van der Waals surface area contributed by atoms with Gasteiger partial charge in [0.2, 0.25) is 10.0 Å². The van der Waals surface area contributed by atoms with Gasteiger partial charge in [0.05, 0.1) is 16.9 Å². The summed E-state index contributed by atoms with van der Waals surface area (Å²) in [5.41, 5.74) is 5.53. The van der Waals surface area contributed by atoms with Gasteiger partial charge in [-0.05, 0) is 56.4 Å². The van der Waals surface area contributed by atoms with Gasteiger partial charge in [-0.1, -0.05) is 42.5 Å². The van der Waals surface area contributed by atoms with E-state index < -0.39 is 14.9 Å². The van der Waals surface area contributed by atoms with Crippen molar-refractivity contribution in [3.8, 4) is 22.3 Å². The van der Waals surface area contributed by atoms with Gasteiger partial charge in [0.15, 0.2) is 0 Å². The average molecular weight is 544 g/mol. The van der Waals surface area contributed by atoms with Crippen LogP contribution in [0.2, 0.25) is 0 Å². The van der Waals surface area contributed by atoms with Crippen LogP contribution in [0.25, 0.3) is 44.2 Å². The fourth-order valence-corrected chi connectivity index (χ4v) is 5.87. The van der Waals surface area contributed by atoms with E-state index in [1.807, 2.05) is 73.6 Å². The maximum absolute atomic E-state index is 12.6. The standard InChI is InChI=1S/C29H29N5O4S/c1-32(2)16-7-17-33(39(3,37)38)22-12-10-20(11-13-22)25-19-30-29-28(27(25)21-8-5-4-6-9-21)24-18-23(34(35)36)14-15-26(24)31-29/h4-6,8-15,18-19H,7,16-17H2,1-3H3,(H,30,31). The smallest absolute Gasteiger partial charge is 0.270 e. The molecule has 0 aliphatic heterocycles. The molecule has 2 heterocycles. The molecule has 39 heavy (non-hydrogen) atoms. The highest BCUT2D eigenvalue weighted by molar-refractivity contribution is 7.92. The van der Waals surface area contributed by atoms with Crippen molar-refractivity contribution >= 4 is 43.3 Å². The highest BCUT2D eigenvalue weighted by Gasteiger charge is 2.21. The van der Waals surface area contributed by atoms with Crippen molar-refractivity contribution in [2.75, 3.05) is 37.7 Å². The lowest BCUT2D eigenvalue weighted by Gasteiger charge is -2.23. The van der Waals surface area contributed by atoms with E-state index in [9.17, 15) is 18.5 Å². The molecule has 0 amide bonds. The highest BCUT2D eigenvalue weighted by atomic mass is 32.2. The summed E-state index contributed by atoms with van der Waals surface area (Å²) in [5, 5.41) is 13.0. The Morgan fingerprint density at radius 2 is 1.67 bits per heavy atom. The number of fused-ring (bicyclic) bond motifs is 3. The van der Waals surface area contributed by atoms with E-state index in [4.69, 9.17) is 0 Å². The number of hydrogen-bond acceptors (Lipinski definition) is 6. The van der Waals surface area contributed by atoms with Gasteiger partial charge in [-0.2, -0.15) is 0 Å². The lowest BCUT2D eigenvalue weighted by molar-refractivity contribution is -0.384. The maximum atomic E-state index is 12.6. The zero-order valence-electron chi connectivity index (χ0n) is 22.0. The van der Waals surface area contributed by atoms with Crippen molar-refractivity contribution < 1.29 is 13.3 Å². The van der Waals surface area contributed by atoms with Gasteiger partial charge in [0, 0.05) is 52.3 Å². The second-order valence-electron chi connectivity index (χ2n) is 9.79. The lowest BCUT2D eigenvalue weighted by Crippen LogP contribution is -2.32. The van der Waals surface area contributed by atoms with Crippen LogP contribution in [0.3, 0.4) is 0 Å². The van der Waals surface area contributed by atoms with Gasteiger partial charge >= 0.3 is 0 Å². The van der Waals surface area contributed by atoms with E-state index in [0.29, 0.717) is 29.7 Å². The van der Waals surface area contributed by atoms with E-state index >= 15 is 0 Å². The number of nitrogens with zero attached hydrogens (tertiary/aromatic N) is 4. The Morgan fingerprint density at radius 3 is 2.31 bits per heavy atom. The number of nitro benzene ring substituents is 1. The molecule has 0 aliphatic carbocycles. The average Bonchev–Trinajstić information content (AvgIpc) is 3.28. The first-order valence-electron chi connectivity index (χ1n) is 12.5. The van der Waals surface area contributed by atoms with E-state index in [1.165, 1.54) is 16.6 Å². The number of H-pyrrole nitrogens is 1. The van der Waals surface area contributed by atoms with E-state index in [-0.39, 0.29) is 5.69 Å². The Bertz CT molecular complexity index is 1770. The van der Waals surface area contributed by atoms with Crippen molar-refractivity contribution in [3.05, 3.63) is 89.1 Å². The van der Waals surface area contributed by atoms with Crippen molar-refractivity contribution in [2.45, 2.75) is 6.42 Å². The summed E-state index contributed by atoms with van der Waals surface area (Å²) in [5.74, 6) is 0. The number of hydrogen-bond donors (Lipinski definition) is 1. The topological polar surface area (TPSA) is 112 Å². The van der Waals surface area contributed by atoms with Gasteiger partial charge in [-0.15, -0.1) is 0 Å². The molecular formula is C29H29N5O4S. The molecule has 10 heteroatoms. The third kappa shape index (κ3) is 5.34. The zero-order chi connectivity index (χ0) is 27.7. The first-order valence-corrected chi connectivity index (χ1v) is 14.4. The molecule has 9 nitrogen and oxygen atoms in total. The summed E-state index contributed by atoms with van der Waals surface area (Å²) in [7, 11) is 0.460. The van der Waals surface area contributed by atoms with Crippen LogP contribution in [-0.2, 0) is 10.0 Å². The van der Waals surface area contributed by atoms with Crippen LogP contribution in [0.5, 0.6) is 0 Å². The SMILES string of the molecule is CN(C)CCCN(c1ccc(-c2cnc3[nH]c4ccc([N+](=O)[O-])cc4c3c2-c2ccccc2)cc1)S(C)(=O)=O. The molecule has 2 aromatic heterocycles. The number of non-ortho nitro benzene ring substituents is 1. The second kappa shape index (κ2) is 10.5. The molecule has 0 spiro atoms. The number of aromatic nitrogens is 2. The van der Waals surface area contributed by atoms with Crippen molar-refractivity contribution in [1.82, 2.24) is 14.9 Å². The minimum atomic E-state index is -3.46. The van der Waals surface area contributed by atoms with Crippen molar-refractivity contribution in [3.63, 3.8) is 0 Å². The fraction of sp³-hybridized carbons (Fsp3) is 0.207. The van der Waals surface area contributed by atoms with E-state index in [2.05, 4.69) is 9.97 Å². The number of aromatic amines is 1. The normalized spacial score (nSPS) is 11.9. The molecule has 0 fully saturated rings. The molecule has 0 radical (unpaired) electrons. The largest absolute Gasteiger partial charge is 0.339 e. The Labute approximate surface area is 226 Å². The summed E-state index contributed by atoms with van der Waals surface area (Å²) in [6.45, 7) is 1.16. The third-order valence-corrected chi connectivity index (χ3v) is 7.90. The summed E-state index contributed by atoms with van der Waals surface area (Å²) in [6.07, 6.45) is 3.71. The molecule has 5 aromatic rings. The minimum Gasteiger partial charge on any atom is -0.339 e. The molecule has 3 aromatic carbocycles. The van der Waals surface area contributed by atoms with Crippen molar-refractivity contribution in [2.24, 2.45) is 0 Å². The van der Waals surface area contributed by atoms with Gasteiger partial charge in [-0.25, -0.2) is 13.4 Å². The number of nitro groups is 1. The number of nitrogens with one attached hydrogen (secondary N) is 1. The van der Waals surface area contributed by atoms with Gasteiger partial charge in [0.1, 0.15) is 5.65 Å². The van der Waals surface area contributed by atoms with E-state index in [1.54, 1.807) is 18.3 Å². The monoisotopic (exact) mass is 543 g/mol. The third-order valence-electron chi connectivity index (χ3n) is 6.71. The number of anilines is 1. The molecule has 0 saturated carbocycles. The number of benzene rings is 3. The second-order valence-corrected chi connectivity index (χ2v) is 11.7. The molecule has 0 aliphatic rings. The van der Waals surface area contributed by atoms with Crippen LogP contribution in [0, 0.1) is 10.1 Å². The fourth-order valence-electron chi connectivity index (χ4n) is 4.91. The highest BCUT2D eigenvalue weighted by Crippen LogP contribution is 2.41. The Hall–Kier alpha value is -4.28. The Kier molecular flexibility index (Phi) is 7.07. The number of rotatable bonds is 9. The van der Waals surface area contributed by atoms with Crippen LogP contribution in [-0.4, -0.2) is 61.6 Å². The zero-order valence-corrected chi connectivity index (χ0v) is 22.8. The first-order chi connectivity index (χ1) is 18.6. The minimum absolute atomic E-state index is 0.00676. The molecule has 1 N–H and O–H groups in total. The summed E-state index contributed by atoms with van der Waals surface area (Å²) in [6, 6.07) is 22.0. The van der Waals surface area contributed by atoms with E-state index in [0.717, 1.165) is 39.7 Å².